The maximum absolute atomic E-state index is 14.5. The van der Waals surface area contributed by atoms with Gasteiger partial charge in [-0.05, 0) is 31.0 Å². The normalized spacial score (nSPS) is 16.5. The summed E-state index contributed by atoms with van der Waals surface area (Å²) in [5.74, 6) is 0.707. The van der Waals surface area contributed by atoms with Gasteiger partial charge in [0.25, 0.3) is 0 Å². The van der Waals surface area contributed by atoms with Crippen LogP contribution in [0.3, 0.4) is 0 Å². The van der Waals surface area contributed by atoms with Gasteiger partial charge in [0.05, 0.1) is 12.1 Å². The van der Waals surface area contributed by atoms with E-state index in [0.29, 0.717) is 30.2 Å². The Balaban J connectivity index is 1.47. The second-order valence-electron chi connectivity index (χ2n) is 7.00. The number of fused-ring (bicyclic) bond motifs is 1. The van der Waals surface area contributed by atoms with Crippen LogP contribution in [0.5, 0.6) is 0 Å². The fraction of sp³-hybridized carbons (Fsp3) is 0.474. The number of halogens is 1. The zero-order valence-corrected chi connectivity index (χ0v) is 15.5. The van der Waals surface area contributed by atoms with Crippen LogP contribution in [0.4, 0.5) is 14.9 Å². The van der Waals surface area contributed by atoms with Gasteiger partial charge in [0.2, 0.25) is 5.91 Å². The second-order valence-corrected chi connectivity index (χ2v) is 7.00. The molecular formula is C19H22FN5O3. The first-order valence-corrected chi connectivity index (χ1v) is 9.55. The highest BCUT2D eigenvalue weighted by molar-refractivity contribution is 5.91. The van der Waals surface area contributed by atoms with Crippen molar-refractivity contribution in [2.75, 3.05) is 25.0 Å². The van der Waals surface area contributed by atoms with Crippen molar-refractivity contribution in [3.05, 3.63) is 29.8 Å². The predicted molar refractivity (Wildman–Crippen MR) is 99.1 cm³/mol. The molecular weight excluding hydrogens is 365 g/mol. The minimum Gasteiger partial charge on any atom is -0.448 e. The predicted octanol–water partition coefficient (Wildman–Crippen LogP) is 2.59. The number of ether oxygens (including phenoxy) is 1. The lowest BCUT2D eigenvalue weighted by Gasteiger charge is -2.13. The van der Waals surface area contributed by atoms with E-state index in [4.69, 9.17) is 4.74 Å². The van der Waals surface area contributed by atoms with Crippen LogP contribution in [-0.2, 0) is 22.5 Å². The molecule has 0 spiro atoms. The highest BCUT2D eigenvalue weighted by atomic mass is 19.1. The molecule has 8 nitrogen and oxygen atoms in total. The maximum Gasteiger partial charge on any atom is 0.409 e. The molecule has 3 heterocycles. The zero-order valence-electron chi connectivity index (χ0n) is 15.5. The molecule has 2 aliphatic rings. The van der Waals surface area contributed by atoms with Crippen molar-refractivity contribution in [3.63, 3.8) is 0 Å². The number of rotatable bonds is 5. The Hall–Kier alpha value is -2.97. The summed E-state index contributed by atoms with van der Waals surface area (Å²) in [4.78, 5) is 25.1. The summed E-state index contributed by atoms with van der Waals surface area (Å²) in [6.45, 7) is 1.89. The SMILES string of the molecule is O=C(CCN1CCOC1=O)Nc1ccc(F)c(-c2nnc3n2CCCCC3)c1. The van der Waals surface area contributed by atoms with Crippen molar-refractivity contribution < 1.29 is 18.7 Å². The van der Waals surface area contributed by atoms with Gasteiger partial charge in [-0.15, -0.1) is 10.2 Å². The molecule has 1 aromatic carbocycles. The van der Waals surface area contributed by atoms with Crippen LogP contribution in [0.25, 0.3) is 11.4 Å². The summed E-state index contributed by atoms with van der Waals surface area (Å²) in [5, 5.41) is 11.2. The van der Waals surface area contributed by atoms with Crippen molar-refractivity contribution in [3.8, 4) is 11.4 Å². The third-order valence-corrected chi connectivity index (χ3v) is 5.05. The molecule has 0 radical (unpaired) electrons. The fourth-order valence-electron chi connectivity index (χ4n) is 3.55. The van der Waals surface area contributed by atoms with E-state index in [1.807, 2.05) is 4.57 Å². The van der Waals surface area contributed by atoms with Crippen LogP contribution < -0.4 is 5.32 Å². The van der Waals surface area contributed by atoms with Crippen molar-refractivity contribution in [2.24, 2.45) is 0 Å². The van der Waals surface area contributed by atoms with Gasteiger partial charge in [-0.2, -0.15) is 0 Å². The lowest BCUT2D eigenvalue weighted by atomic mass is 10.1. The van der Waals surface area contributed by atoms with Gasteiger partial charge >= 0.3 is 6.09 Å². The molecule has 148 valence electrons. The summed E-state index contributed by atoms with van der Waals surface area (Å²) < 4.78 is 21.3. The number of anilines is 1. The van der Waals surface area contributed by atoms with E-state index >= 15 is 0 Å². The van der Waals surface area contributed by atoms with E-state index < -0.39 is 11.9 Å². The van der Waals surface area contributed by atoms with Crippen LogP contribution >= 0.6 is 0 Å². The first kappa shape index (κ1) is 18.4. The van der Waals surface area contributed by atoms with Gasteiger partial charge in [-0.1, -0.05) is 6.42 Å². The Morgan fingerprint density at radius 3 is 2.93 bits per heavy atom. The molecule has 1 aromatic heterocycles. The lowest BCUT2D eigenvalue weighted by Crippen LogP contribution is -2.28. The number of hydrogen-bond donors (Lipinski definition) is 1. The topological polar surface area (TPSA) is 89.3 Å². The van der Waals surface area contributed by atoms with E-state index in [-0.39, 0.29) is 18.9 Å². The average molecular weight is 387 g/mol. The molecule has 0 saturated carbocycles. The number of amides is 2. The van der Waals surface area contributed by atoms with E-state index in [2.05, 4.69) is 15.5 Å². The minimum atomic E-state index is -0.405. The Morgan fingerprint density at radius 2 is 2.11 bits per heavy atom. The van der Waals surface area contributed by atoms with E-state index in [0.717, 1.165) is 38.1 Å². The number of aromatic nitrogens is 3. The van der Waals surface area contributed by atoms with Crippen LogP contribution in [0.1, 0.15) is 31.5 Å². The van der Waals surface area contributed by atoms with Crippen LogP contribution in [0.15, 0.2) is 18.2 Å². The summed E-state index contributed by atoms with van der Waals surface area (Å²) in [6.07, 6.45) is 3.76. The molecule has 1 fully saturated rings. The lowest BCUT2D eigenvalue weighted by molar-refractivity contribution is -0.116. The van der Waals surface area contributed by atoms with Crippen LogP contribution in [0, 0.1) is 5.82 Å². The number of nitrogens with one attached hydrogen (secondary N) is 1. The molecule has 1 N–H and O–H groups in total. The van der Waals surface area contributed by atoms with Crippen molar-refractivity contribution in [2.45, 2.75) is 38.6 Å². The average Bonchev–Trinajstić information content (AvgIpc) is 3.20. The standard InChI is InChI=1S/C19H22FN5O3/c20-15-6-5-13(21-17(26)7-9-24-10-11-28-19(24)27)12-14(15)18-23-22-16-4-2-1-3-8-25(16)18/h5-6,12H,1-4,7-11H2,(H,21,26). The molecule has 0 bridgehead atoms. The second kappa shape index (κ2) is 7.95. The molecule has 0 atom stereocenters. The number of carbonyl (C=O) groups excluding carboxylic acids is 2. The van der Waals surface area contributed by atoms with Crippen LogP contribution in [0.2, 0.25) is 0 Å². The zero-order chi connectivity index (χ0) is 19.5. The van der Waals surface area contributed by atoms with Gasteiger partial charge in [-0.25, -0.2) is 9.18 Å². The number of benzene rings is 1. The monoisotopic (exact) mass is 387 g/mol. The Bertz CT molecular complexity index is 898. The number of hydrogen-bond acceptors (Lipinski definition) is 5. The van der Waals surface area contributed by atoms with E-state index in [1.165, 1.54) is 17.0 Å². The fourth-order valence-corrected chi connectivity index (χ4v) is 3.55. The molecule has 4 rings (SSSR count). The number of cyclic esters (lactones) is 1. The molecule has 1 saturated heterocycles. The highest BCUT2D eigenvalue weighted by Gasteiger charge is 2.22. The molecule has 2 amide bonds. The van der Waals surface area contributed by atoms with Crippen molar-refractivity contribution in [1.29, 1.82) is 0 Å². The molecule has 0 aliphatic carbocycles. The number of nitrogens with zero attached hydrogens (tertiary/aromatic N) is 4. The smallest absolute Gasteiger partial charge is 0.409 e. The molecule has 9 heteroatoms. The Labute approximate surface area is 161 Å². The third kappa shape index (κ3) is 3.83. The summed E-state index contributed by atoms with van der Waals surface area (Å²) in [5.41, 5.74) is 0.804. The van der Waals surface area contributed by atoms with Crippen LogP contribution in [-0.4, -0.2) is 51.4 Å². The molecule has 2 aromatic rings. The number of carbonyl (C=O) groups is 2. The summed E-state index contributed by atoms with van der Waals surface area (Å²) in [6, 6.07) is 4.42. The molecule has 0 unspecified atom stereocenters. The minimum absolute atomic E-state index is 0.141. The van der Waals surface area contributed by atoms with E-state index in [1.54, 1.807) is 6.07 Å². The quantitative estimate of drug-likeness (QED) is 0.852. The first-order valence-electron chi connectivity index (χ1n) is 9.55. The first-order chi connectivity index (χ1) is 13.6. The van der Waals surface area contributed by atoms with Crippen molar-refractivity contribution >= 4 is 17.7 Å². The molecule has 2 aliphatic heterocycles. The largest absolute Gasteiger partial charge is 0.448 e. The van der Waals surface area contributed by atoms with Crippen molar-refractivity contribution in [1.82, 2.24) is 19.7 Å². The van der Waals surface area contributed by atoms with E-state index in [9.17, 15) is 14.0 Å². The highest BCUT2D eigenvalue weighted by Crippen LogP contribution is 2.27. The van der Waals surface area contributed by atoms with Gasteiger partial charge in [0.15, 0.2) is 5.82 Å². The Kier molecular flexibility index (Phi) is 5.23. The number of aryl methyl sites for hydroxylation is 1. The maximum atomic E-state index is 14.5. The van der Waals surface area contributed by atoms with Gasteiger partial charge in [0.1, 0.15) is 18.2 Å². The van der Waals surface area contributed by atoms with Gasteiger partial charge in [0, 0.05) is 31.6 Å². The Morgan fingerprint density at radius 1 is 1.21 bits per heavy atom. The summed E-state index contributed by atoms with van der Waals surface area (Å²) >= 11 is 0. The third-order valence-electron chi connectivity index (χ3n) is 5.05. The van der Waals surface area contributed by atoms with Gasteiger partial charge < -0.3 is 19.5 Å². The molecule has 28 heavy (non-hydrogen) atoms. The summed E-state index contributed by atoms with van der Waals surface area (Å²) in [7, 11) is 0. The van der Waals surface area contributed by atoms with Gasteiger partial charge in [-0.3, -0.25) is 4.79 Å².